The summed E-state index contributed by atoms with van der Waals surface area (Å²) in [5.74, 6) is 0.0908. The van der Waals surface area contributed by atoms with Gasteiger partial charge >= 0.3 is 0 Å². The van der Waals surface area contributed by atoms with Crippen molar-refractivity contribution in [2.75, 3.05) is 18.9 Å². The van der Waals surface area contributed by atoms with E-state index in [4.69, 9.17) is 10.8 Å². The number of aliphatic hydroxyl groups excluding tert-OH is 2. The van der Waals surface area contributed by atoms with Crippen molar-refractivity contribution in [2.24, 2.45) is 5.73 Å². The van der Waals surface area contributed by atoms with Crippen molar-refractivity contribution in [3.8, 4) is 0 Å². The van der Waals surface area contributed by atoms with Crippen LogP contribution in [-0.2, 0) is 4.79 Å². The zero-order valence-electron chi connectivity index (χ0n) is 10.8. The molecule has 0 spiro atoms. The first-order valence-corrected chi connectivity index (χ1v) is 6.86. The summed E-state index contributed by atoms with van der Waals surface area (Å²) in [6, 6.07) is 0. The lowest BCUT2D eigenvalue weighted by atomic mass is 9.95. The van der Waals surface area contributed by atoms with E-state index in [2.05, 4.69) is 5.32 Å². The van der Waals surface area contributed by atoms with E-state index < -0.39 is 11.6 Å². The second-order valence-electron chi connectivity index (χ2n) is 4.41. The van der Waals surface area contributed by atoms with Gasteiger partial charge in [-0.2, -0.15) is 11.8 Å². The largest absolute Gasteiger partial charge is 0.394 e. The lowest BCUT2D eigenvalue weighted by Gasteiger charge is -2.30. The Morgan fingerprint density at radius 1 is 1.59 bits per heavy atom. The van der Waals surface area contributed by atoms with Gasteiger partial charge in [-0.3, -0.25) is 4.79 Å². The van der Waals surface area contributed by atoms with Gasteiger partial charge < -0.3 is 21.3 Å². The molecule has 0 aliphatic heterocycles. The molecule has 5 N–H and O–H groups in total. The quantitative estimate of drug-likeness (QED) is 0.459. The Labute approximate surface area is 107 Å². The number of hydrogen-bond acceptors (Lipinski definition) is 5. The van der Waals surface area contributed by atoms with Gasteiger partial charge in [0, 0.05) is 11.0 Å². The first-order chi connectivity index (χ1) is 7.85. The molecule has 102 valence electrons. The van der Waals surface area contributed by atoms with Gasteiger partial charge in [0.1, 0.15) is 0 Å². The van der Waals surface area contributed by atoms with Crippen molar-refractivity contribution in [1.82, 2.24) is 5.32 Å². The Morgan fingerprint density at radius 3 is 2.59 bits per heavy atom. The number of amides is 1. The number of hydrogen-bond donors (Lipinski definition) is 4. The first-order valence-electron chi connectivity index (χ1n) is 5.81. The molecule has 0 aliphatic carbocycles. The van der Waals surface area contributed by atoms with Crippen molar-refractivity contribution in [3.05, 3.63) is 0 Å². The fraction of sp³-hybridized carbons (Fsp3) is 0.909. The maximum atomic E-state index is 11.4. The molecule has 0 aliphatic rings. The van der Waals surface area contributed by atoms with Gasteiger partial charge in [-0.25, -0.2) is 0 Å². The van der Waals surface area contributed by atoms with Gasteiger partial charge in [-0.05, 0) is 19.9 Å². The van der Waals surface area contributed by atoms with Crippen molar-refractivity contribution in [3.63, 3.8) is 0 Å². The van der Waals surface area contributed by atoms with Crippen molar-refractivity contribution < 1.29 is 15.0 Å². The smallest absolute Gasteiger partial charge is 0.237 e. The highest BCUT2D eigenvalue weighted by Crippen LogP contribution is 2.22. The number of thioether (sulfide) groups is 1. The number of rotatable bonds is 9. The zero-order chi connectivity index (χ0) is 13.5. The molecule has 0 aromatic rings. The number of primary amides is 1. The average molecular weight is 264 g/mol. The minimum absolute atomic E-state index is 0.174. The molecule has 0 rings (SSSR count). The van der Waals surface area contributed by atoms with Crippen LogP contribution >= 0.6 is 11.8 Å². The van der Waals surface area contributed by atoms with Crippen molar-refractivity contribution in [2.45, 2.75) is 44.1 Å². The highest BCUT2D eigenvalue weighted by molar-refractivity contribution is 7.99. The highest BCUT2D eigenvalue weighted by atomic mass is 32.2. The highest BCUT2D eigenvalue weighted by Gasteiger charge is 2.31. The predicted octanol–water partition coefficient (Wildman–Crippen LogP) is -0.295. The van der Waals surface area contributed by atoms with Crippen LogP contribution in [0.15, 0.2) is 0 Å². The van der Waals surface area contributed by atoms with E-state index in [0.29, 0.717) is 18.7 Å². The van der Waals surface area contributed by atoms with Crippen molar-refractivity contribution >= 4 is 17.7 Å². The van der Waals surface area contributed by atoms with Crippen LogP contribution < -0.4 is 11.1 Å². The number of likely N-dealkylation sites (N-methyl/N-ethyl adjacent to an activating group) is 1. The van der Waals surface area contributed by atoms with E-state index in [9.17, 15) is 9.90 Å². The SMILES string of the molecule is CCNC(C)(CC(C)SCC(O)CO)C(N)=O. The number of aliphatic hydroxyl groups is 2. The van der Waals surface area contributed by atoms with Gasteiger partial charge in [-0.15, -0.1) is 0 Å². The normalized spacial score (nSPS) is 18.4. The van der Waals surface area contributed by atoms with Crippen LogP contribution in [0, 0.1) is 0 Å². The van der Waals surface area contributed by atoms with Gasteiger partial charge in [0.15, 0.2) is 0 Å². The van der Waals surface area contributed by atoms with Crippen LogP contribution in [0.5, 0.6) is 0 Å². The maximum absolute atomic E-state index is 11.4. The molecule has 0 fully saturated rings. The molecule has 0 aromatic heterocycles. The van der Waals surface area contributed by atoms with Gasteiger partial charge in [-0.1, -0.05) is 13.8 Å². The molecule has 3 atom stereocenters. The van der Waals surface area contributed by atoms with E-state index >= 15 is 0 Å². The predicted molar refractivity (Wildman–Crippen MR) is 70.9 cm³/mol. The lowest BCUT2D eigenvalue weighted by molar-refractivity contribution is -0.124. The Kier molecular flexibility index (Phi) is 7.78. The second kappa shape index (κ2) is 7.92. The standard InChI is InChI=1S/C11H24N2O3S/c1-4-13-11(3,10(12)16)5-8(2)17-7-9(15)6-14/h8-9,13-15H,4-7H2,1-3H3,(H2,12,16). The molecule has 0 aromatic carbocycles. The van der Waals surface area contributed by atoms with Crippen LogP contribution in [0.4, 0.5) is 0 Å². The Morgan fingerprint density at radius 2 is 2.18 bits per heavy atom. The summed E-state index contributed by atoms with van der Waals surface area (Å²) in [6.45, 7) is 6.14. The average Bonchev–Trinajstić information content (AvgIpc) is 2.25. The number of carbonyl (C=O) groups excluding carboxylic acids is 1. The van der Waals surface area contributed by atoms with Gasteiger partial charge in [0.2, 0.25) is 5.91 Å². The molecule has 0 heterocycles. The zero-order valence-corrected chi connectivity index (χ0v) is 11.6. The summed E-state index contributed by atoms with van der Waals surface area (Å²) < 4.78 is 0. The van der Waals surface area contributed by atoms with E-state index in [1.807, 2.05) is 13.8 Å². The Balaban J connectivity index is 4.22. The lowest BCUT2D eigenvalue weighted by Crippen LogP contribution is -2.54. The summed E-state index contributed by atoms with van der Waals surface area (Å²) in [7, 11) is 0. The van der Waals surface area contributed by atoms with Crippen molar-refractivity contribution in [1.29, 1.82) is 0 Å². The second-order valence-corrected chi connectivity index (χ2v) is 5.88. The van der Waals surface area contributed by atoms with Gasteiger partial charge in [0.05, 0.1) is 18.2 Å². The number of nitrogens with two attached hydrogens (primary N) is 1. The summed E-state index contributed by atoms with van der Waals surface area (Å²) in [5, 5.41) is 21.2. The molecule has 1 amide bonds. The summed E-state index contributed by atoms with van der Waals surface area (Å²) in [4.78, 5) is 11.4. The number of nitrogens with one attached hydrogen (secondary N) is 1. The van der Waals surface area contributed by atoms with E-state index in [1.165, 1.54) is 11.8 Å². The monoisotopic (exact) mass is 264 g/mol. The molecule has 6 heteroatoms. The van der Waals surface area contributed by atoms with E-state index in [0.717, 1.165) is 0 Å². The van der Waals surface area contributed by atoms with Crippen LogP contribution in [0.25, 0.3) is 0 Å². The van der Waals surface area contributed by atoms with Crippen LogP contribution in [0.1, 0.15) is 27.2 Å². The fourth-order valence-electron chi connectivity index (χ4n) is 1.61. The summed E-state index contributed by atoms with van der Waals surface area (Å²) in [5.41, 5.74) is 4.67. The fourth-order valence-corrected chi connectivity index (χ4v) is 2.72. The minimum Gasteiger partial charge on any atom is -0.394 e. The van der Waals surface area contributed by atoms with E-state index in [-0.39, 0.29) is 17.8 Å². The van der Waals surface area contributed by atoms with Crippen LogP contribution in [-0.4, -0.2) is 51.9 Å². The van der Waals surface area contributed by atoms with E-state index in [1.54, 1.807) is 6.92 Å². The molecule has 3 unspecified atom stereocenters. The molecule has 5 nitrogen and oxygen atoms in total. The maximum Gasteiger partial charge on any atom is 0.237 e. The minimum atomic E-state index is -0.717. The molecule has 0 radical (unpaired) electrons. The summed E-state index contributed by atoms with van der Waals surface area (Å²) >= 11 is 1.52. The Hall–Kier alpha value is -0.300. The molecule has 0 saturated carbocycles. The molecule has 0 saturated heterocycles. The Bertz CT molecular complexity index is 241. The third-order valence-corrected chi connectivity index (χ3v) is 3.90. The molecule has 17 heavy (non-hydrogen) atoms. The van der Waals surface area contributed by atoms with Crippen LogP contribution in [0.3, 0.4) is 0 Å². The number of carbonyl (C=O) groups is 1. The van der Waals surface area contributed by atoms with Gasteiger partial charge in [0.25, 0.3) is 0 Å². The van der Waals surface area contributed by atoms with Crippen LogP contribution in [0.2, 0.25) is 0 Å². The summed E-state index contributed by atoms with van der Waals surface area (Å²) in [6.07, 6.45) is -0.111. The molecular weight excluding hydrogens is 240 g/mol. The third-order valence-electron chi connectivity index (χ3n) is 2.59. The first kappa shape index (κ1) is 16.7. The molecule has 0 bridgehead atoms. The molecular formula is C11H24N2O3S. The topological polar surface area (TPSA) is 95.6 Å². The third kappa shape index (κ3) is 6.26.